The van der Waals surface area contributed by atoms with Gasteiger partial charge in [0.1, 0.15) is 17.2 Å². The molecule has 0 radical (unpaired) electrons. The van der Waals surface area contributed by atoms with Crippen LogP contribution in [0.15, 0.2) is 109 Å². The number of nitrogens with zero attached hydrogens (tertiary/aromatic N) is 1. The van der Waals surface area contributed by atoms with E-state index in [1.807, 2.05) is 90.7 Å². The smallest absolute Gasteiger partial charge is 0.185 e. The molecule has 1 unspecified atom stereocenters. The molecule has 0 bridgehead atoms. The third-order valence-corrected chi connectivity index (χ3v) is 8.59. The quantitative estimate of drug-likeness (QED) is 0.223. The molecular formula is C35H27NO4. The van der Waals surface area contributed by atoms with Crippen LogP contribution < -0.4 is 9.64 Å². The van der Waals surface area contributed by atoms with Gasteiger partial charge in [0.15, 0.2) is 17.3 Å². The van der Waals surface area contributed by atoms with Crippen LogP contribution >= 0.6 is 0 Å². The maximum atomic E-state index is 14.7. The molecule has 0 saturated carbocycles. The Kier molecular flexibility index (Phi) is 5.56. The van der Waals surface area contributed by atoms with Crippen molar-refractivity contribution >= 4 is 29.1 Å². The minimum atomic E-state index is -1.55. The van der Waals surface area contributed by atoms with Gasteiger partial charge in [-0.25, -0.2) is 0 Å². The molecule has 1 spiro atoms. The third kappa shape index (κ3) is 3.18. The maximum absolute atomic E-state index is 14.7. The summed E-state index contributed by atoms with van der Waals surface area (Å²) < 4.78 is 6.09. The van der Waals surface area contributed by atoms with Crippen LogP contribution in [0.5, 0.6) is 5.75 Å². The van der Waals surface area contributed by atoms with Gasteiger partial charge in [0, 0.05) is 33.9 Å². The lowest BCUT2D eigenvalue weighted by molar-refractivity contribution is 0.0664. The van der Waals surface area contributed by atoms with Crippen molar-refractivity contribution in [1.82, 2.24) is 0 Å². The van der Waals surface area contributed by atoms with Gasteiger partial charge in [-0.2, -0.15) is 0 Å². The van der Waals surface area contributed by atoms with Gasteiger partial charge in [-0.15, -0.1) is 0 Å². The lowest BCUT2D eigenvalue weighted by Gasteiger charge is -2.37. The average molecular weight is 526 g/mol. The lowest BCUT2D eigenvalue weighted by Crippen LogP contribution is -2.48. The zero-order valence-electron chi connectivity index (χ0n) is 22.0. The van der Waals surface area contributed by atoms with Crippen molar-refractivity contribution in [3.05, 3.63) is 137 Å². The number of hydrogen-bond acceptors (Lipinski definition) is 5. The molecule has 1 aliphatic carbocycles. The highest BCUT2D eigenvalue weighted by Gasteiger charge is 2.71. The molecule has 196 valence electrons. The molecule has 2 aliphatic heterocycles. The van der Waals surface area contributed by atoms with Crippen LogP contribution in [-0.4, -0.2) is 36.0 Å². The summed E-state index contributed by atoms with van der Waals surface area (Å²) in [6.07, 6.45) is 3.92. The number of carbonyl (C=O) groups excluding carboxylic acids is 3. The summed E-state index contributed by atoms with van der Waals surface area (Å²) >= 11 is 0. The number of para-hydroxylation sites is 2. The van der Waals surface area contributed by atoms with E-state index in [4.69, 9.17) is 4.74 Å². The number of ketones is 3. The summed E-state index contributed by atoms with van der Waals surface area (Å²) in [6.45, 7) is 2.31. The molecule has 0 aromatic heterocycles. The van der Waals surface area contributed by atoms with Crippen LogP contribution in [0, 0.1) is 5.41 Å². The van der Waals surface area contributed by atoms with Crippen LogP contribution in [0.1, 0.15) is 55.0 Å². The van der Waals surface area contributed by atoms with Gasteiger partial charge in [-0.05, 0) is 24.6 Å². The van der Waals surface area contributed by atoms with Crippen molar-refractivity contribution < 1.29 is 19.1 Å². The minimum Gasteiger partial charge on any atom is -0.494 e. The third-order valence-electron chi connectivity index (χ3n) is 8.59. The fourth-order valence-electron chi connectivity index (χ4n) is 7.06. The van der Waals surface area contributed by atoms with E-state index in [2.05, 4.69) is 0 Å². The molecule has 4 aromatic carbocycles. The molecule has 1 saturated heterocycles. The van der Waals surface area contributed by atoms with E-state index in [-0.39, 0.29) is 17.3 Å². The van der Waals surface area contributed by atoms with Gasteiger partial charge in [-0.1, -0.05) is 103 Å². The van der Waals surface area contributed by atoms with Crippen molar-refractivity contribution in [3.63, 3.8) is 0 Å². The monoisotopic (exact) mass is 525 g/mol. The topological polar surface area (TPSA) is 63.7 Å². The van der Waals surface area contributed by atoms with Crippen LogP contribution in [-0.2, 0) is 0 Å². The van der Waals surface area contributed by atoms with E-state index in [9.17, 15) is 14.4 Å². The Labute approximate surface area is 232 Å². The van der Waals surface area contributed by atoms with E-state index < -0.39 is 23.4 Å². The number of ether oxygens (including phenoxy) is 1. The first-order chi connectivity index (χ1) is 19.6. The van der Waals surface area contributed by atoms with E-state index in [0.29, 0.717) is 34.6 Å². The number of Topliss-reactive ketones (excluding diaryl/α,β-unsaturated/α-hetero) is 3. The van der Waals surface area contributed by atoms with Crippen LogP contribution in [0.3, 0.4) is 0 Å². The molecular weight excluding hydrogens is 498 g/mol. The predicted molar refractivity (Wildman–Crippen MR) is 154 cm³/mol. The van der Waals surface area contributed by atoms with E-state index >= 15 is 0 Å². The standard InChI is InChI=1S/C35H27NO4/c1-2-40-28-19-11-9-17-26(28)30-31(32(37)23-13-4-3-5-14-23)36-27-18-10-6-12-22(27)20-21-29(36)35(30)33(38)24-15-7-8-16-25(24)34(35)39/h3-21,29-31H,2H2,1H3/t29?,30-,31+/m0/s1. The first-order valence-electron chi connectivity index (χ1n) is 13.6. The Morgan fingerprint density at radius 3 is 2.15 bits per heavy atom. The Bertz CT molecular complexity index is 1670. The van der Waals surface area contributed by atoms with E-state index in [0.717, 1.165) is 11.3 Å². The summed E-state index contributed by atoms with van der Waals surface area (Å²) in [7, 11) is 0. The highest BCUT2D eigenvalue weighted by atomic mass is 16.5. The number of fused-ring (bicyclic) bond motifs is 5. The molecule has 5 heteroatoms. The normalized spacial score (nSPS) is 21.7. The second-order valence-electron chi connectivity index (χ2n) is 10.5. The Hall–Kier alpha value is -4.77. The number of benzene rings is 4. The SMILES string of the molecule is CCOc1ccccc1[C@H]1[C@H](C(=O)c2ccccc2)N2c3ccccc3C=CC2C12C(=O)c1ccccc1C2=O. The fraction of sp³-hybridized carbons (Fsp3) is 0.171. The Morgan fingerprint density at radius 1 is 0.800 bits per heavy atom. The van der Waals surface area contributed by atoms with Gasteiger partial charge in [0.25, 0.3) is 0 Å². The summed E-state index contributed by atoms with van der Waals surface area (Å²) in [5, 5.41) is 0. The number of anilines is 1. The molecule has 2 heterocycles. The number of carbonyl (C=O) groups is 3. The lowest BCUT2D eigenvalue weighted by atomic mass is 9.64. The summed E-state index contributed by atoms with van der Waals surface area (Å²) in [4.78, 5) is 46.1. The highest BCUT2D eigenvalue weighted by molar-refractivity contribution is 6.32. The predicted octanol–water partition coefficient (Wildman–Crippen LogP) is 6.40. The van der Waals surface area contributed by atoms with Gasteiger partial charge in [0.05, 0.1) is 12.6 Å². The molecule has 0 N–H and O–H groups in total. The summed E-state index contributed by atoms with van der Waals surface area (Å²) in [6, 6.07) is 30.1. The molecule has 4 aromatic rings. The molecule has 5 nitrogen and oxygen atoms in total. The van der Waals surface area contributed by atoms with Gasteiger partial charge >= 0.3 is 0 Å². The van der Waals surface area contributed by atoms with Crippen molar-refractivity contribution in [3.8, 4) is 5.75 Å². The largest absolute Gasteiger partial charge is 0.494 e. The van der Waals surface area contributed by atoms with Gasteiger partial charge in [0.2, 0.25) is 0 Å². The van der Waals surface area contributed by atoms with E-state index in [1.54, 1.807) is 36.4 Å². The van der Waals surface area contributed by atoms with Gasteiger partial charge in [-0.3, -0.25) is 14.4 Å². The summed E-state index contributed by atoms with van der Waals surface area (Å²) in [5.41, 5.74) is 2.26. The second-order valence-corrected chi connectivity index (χ2v) is 10.5. The first-order valence-corrected chi connectivity index (χ1v) is 13.6. The fourth-order valence-corrected chi connectivity index (χ4v) is 7.06. The van der Waals surface area contributed by atoms with Crippen molar-refractivity contribution in [2.45, 2.75) is 24.9 Å². The number of hydrogen-bond donors (Lipinski definition) is 0. The molecule has 40 heavy (non-hydrogen) atoms. The van der Waals surface area contributed by atoms with Crippen molar-refractivity contribution in [2.75, 3.05) is 11.5 Å². The average Bonchev–Trinajstić information content (AvgIpc) is 3.44. The summed E-state index contributed by atoms with van der Waals surface area (Å²) in [5.74, 6) is -0.843. The number of rotatable bonds is 5. The zero-order valence-corrected chi connectivity index (χ0v) is 22.0. The zero-order chi connectivity index (χ0) is 27.4. The Morgan fingerprint density at radius 2 is 1.43 bits per heavy atom. The Balaban J connectivity index is 1.57. The van der Waals surface area contributed by atoms with Crippen LogP contribution in [0.4, 0.5) is 5.69 Å². The van der Waals surface area contributed by atoms with E-state index in [1.165, 1.54) is 0 Å². The van der Waals surface area contributed by atoms with Crippen molar-refractivity contribution in [2.24, 2.45) is 5.41 Å². The maximum Gasteiger partial charge on any atom is 0.185 e. The second kappa shape index (κ2) is 9.16. The molecule has 0 amide bonds. The minimum absolute atomic E-state index is 0.138. The highest BCUT2D eigenvalue weighted by Crippen LogP contribution is 2.61. The molecule has 3 atom stereocenters. The van der Waals surface area contributed by atoms with Gasteiger partial charge < -0.3 is 9.64 Å². The molecule has 3 aliphatic rings. The first kappa shape index (κ1) is 24.3. The molecule has 7 rings (SSSR count). The molecule has 1 fully saturated rings. The van der Waals surface area contributed by atoms with Crippen LogP contribution in [0.2, 0.25) is 0 Å². The van der Waals surface area contributed by atoms with Crippen LogP contribution in [0.25, 0.3) is 6.08 Å². The van der Waals surface area contributed by atoms with Crippen molar-refractivity contribution in [1.29, 1.82) is 0 Å².